The van der Waals surface area contributed by atoms with Crippen molar-refractivity contribution in [2.24, 2.45) is 0 Å². The van der Waals surface area contributed by atoms with Gasteiger partial charge in [0.05, 0.1) is 16.1 Å². The zero-order valence-electron chi connectivity index (χ0n) is 11.8. The van der Waals surface area contributed by atoms with Gasteiger partial charge in [0.25, 0.3) is 0 Å². The molecule has 0 aliphatic rings. The fraction of sp³-hybridized carbons (Fsp3) is 0. The summed E-state index contributed by atoms with van der Waals surface area (Å²) < 4.78 is 1.33. The molecule has 2 heteroatoms. The lowest BCUT2D eigenvalue weighted by Crippen LogP contribution is -1.83. The van der Waals surface area contributed by atoms with Crippen LogP contribution in [0.4, 0.5) is 0 Å². The normalized spacial score (nSPS) is 11.6. The lowest BCUT2D eigenvalue weighted by molar-refractivity contribution is 1.44. The smallest absolute Gasteiger partial charge is 0.0560 e. The molecule has 0 atom stereocenters. The summed E-state index contributed by atoms with van der Waals surface area (Å²) in [5.41, 5.74) is 2.40. The standard InChI is InChI=1S/C20H13NS/c1-2-7-18-15(4-1)12-19(22-18)17-11-10-14-9-8-13-5-3-6-16(13)20(14)21-17/h1-12,21H. The van der Waals surface area contributed by atoms with Gasteiger partial charge in [-0.2, -0.15) is 0 Å². The van der Waals surface area contributed by atoms with Crippen molar-refractivity contribution in [2.45, 2.75) is 0 Å². The van der Waals surface area contributed by atoms with Crippen molar-refractivity contribution in [1.29, 1.82) is 0 Å². The summed E-state index contributed by atoms with van der Waals surface area (Å²) in [6, 6.07) is 26.0. The fourth-order valence-electron chi connectivity index (χ4n) is 3.11. The van der Waals surface area contributed by atoms with E-state index in [4.69, 9.17) is 0 Å². The predicted octanol–water partition coefficient (Wildman–Crippen LogP) is 6.20. The summed E-state index contributed by atoms with van der Waals surface area (Å²) in [5, 5.41) is 5.14. The van der Waals surface area contributed by atoms with Crippen molar-refractivity contribution in [3.63, 3.8) is 0 Å². The second kappa shape index (κ2) is 4.46. The van der Waals surface area contributed by atoms with Crippen LogP contribution in [0.3, 0.4) is 0 Å². The minimum absolute atomic E-state index is 1.18. The number of benzene rings is 2. The quantitative estimate of drug-likeness (QED) is 0.379. The van der Waals surface area contributed by atoms with Gasteiger partial charge in [-0.3, -0.25) is 0 Å². The second-order valence-electron chi connectivity index (χ2n) is 5.58. The Hall–Kier alpha value is -2.58. The van der Waals surface area contributed by atoms with Gasteiger partial charge in [-0.25, -0.2) is 0 Å². The summed E-state index contributed by atoms with van der Waals surface area (Å²) in [6.07, 6.45) is 0. The zero-order chi connectivity index (χ0) is 14.5. The molecule has 104 valence electrons. The molecule has 22 heavy (non-hydrogen) atoms. The number of hydrogen-bond donors (Lipinski definition) is 1. The van der Waals surface area contributed by atoms with Crippen LogP contribution in [-0.4, -0.2) is 4.98 Å². The summed E-state index contributed by atoms with van der Waals surface area (Å²) in [7, 11) is 0. The van der Waals surface area contributed by atoms with E-state index in [0.29, 0.717) is 0 Å². The summed E-state index contributed by atoms with van der Waals surface area (Å²) in [4.78, 5) is 4.93. The van der Waals surface area contributed by atoms with E-state index in [1.165, 1.54) is 42.3 Å². The third kappa shape index (κ3) is 1.71. The largest absolute Gasteiger partial charge is 0.353 e. The lowest BCUT2D eigenvalue weighted by Gasteiger charge is -2.04. The Labute approximate surface area is 131 Å². The Balaban J connectivity index is 1.80. The number of aromatic amines is 1. The Bertz CT molecular complexity index is 1100. The third-order valence-corrected chi connectivity index (χ3v) is 5.38. The van der Waals surface area contributed by atoms with Crippen LogP contribution in [0.2, 0.25) is 0 Å². The molecule has 0 aliphatic carbocycles. The van der Waals surface area contributed by atoms with Gasteiger partial charge in [0, 0.05) is 10.1 Å². The average molecular weight is 299 g/mol. The second-order valence-corrected chi connectivity index (χ2v) is 6.66. The van der Waals surface area contributed by atoms with Crippen LogP contribution >= 0.6 is 11.3 Å². The van der Waals surface area contributed by atoms with Crippen LogP contribution in [0.1, 0.15) is 0 Å². The van der Waals surface area contributed by atoms with Gasteiger partial charge < -0.3 is 4.98 Å². The van der Waals surface area contributed by atoms with Crippen molar-refractivity contribution in [1.82, 2.24) is 4.98 Å². The first-order valence-corrected chi connectivity index (χ1v) is 8.19. The number of thiophene rings is 1. The molecule has 0 spiro atoms. The molecule has 2 heterocycles. The summed E-state index contributed by atoms with van der Waals surface area (Å²) in [5.74, 6) is 0. The molecule has 1 N–H and O–H groups in total. The molecule has 0 saturated heterocycles. The van der Waals surface area contributed by atoms with Crippen LogP contribution in [0, 0.1) is 0 Å². The van der Waals surface area contributed by atoms with Gasteiger partial charge in [-0.05, 0) is 34.4 Å². The molecule has 0 aliphatic heterocycles. The number of hydrogen-bond acceptors (Lipinski definition) is 1. The van der Waals surface area contributed by atoms with Gasteiger partial charge in [-0.15, -0.1) is 11.3 Å². The number of pyridine rings is 1. The van der Waals surface area contributed by atoms with Crippen LogP contribution in [0.25, 0.3) is 42.3 Å². The molecule has 0 unspecified atom stereocenters. The van der Waals surface area contributed by atoms with Crippen LogP contribution in [0.15, 0.2) is 72.8 Å². The number of fused-ring (bicyclic) bond motifs is 4. The van der Waals surface area contributed by atoms with Crippen molar-refractivity contribution in [3.05, 3.63) is 72.8 Å². The topological polar surface area (TPSA) is 15.8 Å². The van der Waals surface area contributed by atoms with E-state index in [0.717, 1.165) is 0 Å². The number of H-pyrrole nitrogens is 1. The molecule has 0 bridgehead atoms. The molecule has 5 rings (SSSR count). The Morgan fingerprint density at radius 2 is 1.50 bits per heavy atom. The average Bonchev–Trinajstić information content (AvgIpc) is 3.20. The van der Waals surface area contributed by atoms with Crippen molar-refractivity contribution in [2.75, 3.05) is 0 Å². The first-order chi connectivity index (χ1) is 10.9. The summed E-state index contributed by atoms with van der Waals surface area (Å²) in [6.45, 7) is 0. The molecule has 0 fully saturated rings. The molecular formula is C20H13NS. The van der Waals surface area contributed by atoms with E-state index in [1.54, 1.807) is 0 Å². The van der Waals surface area contributed by atoms with Crippen LogP contribution < -0.4 is 0 Å². The molecule has 1 nitrogen and oxygen atoms in total. The van der Waals surface area contributed by atoms with E-state index in [9.17, 15) is 0 Å². The van der Waals surface area contributed by atoms with Crippen molar-refractivity contribution >= 4 is 43.1 Å². The lowest BCUT2D eigenvalue weighted by atomic mass is 10.1. The van der Waals surface area contributed by atoms with Crippen molar-refractivity contribution in [3.8, 4) is 10.6 Å². The molecule has 0 amide bonds. The summed E-state index contributed by atoms with van der Waals surface area (Å²) >= 11 is 1.84. The van der Waals surface area contributed by atoms with Crippen LogP contribution in [-0.2, 0) is 0 Å². The van der Waals surface area contributed by atoms with E-state index in [2.05, 4.69) is 77.8 Å². The highest BCUT2D eigenvalue weighted by atomic mass is 32.1. The van der Waals surface area contributed by atoms with Gasteiger partial charge >= 0.3 is 0 Å². The van der Waals surface area contributed by atoms with Crippen LogP contribution in [0.5, 0.6) is 0 Å². The highest BCUT2D eigenvalue weighted by Crippen LogP contribution is 2.34. The van der Waals surface area contributed by atoms with Gasteiger partial charge in [0.15, 0.2) is 0 Å². The van der Waals surface area contributed by atoms with Gasteiger partial charge in [-0.1, -0.05) is 54.6 Å². The van der Waals surface area contributed by atoms with E-state index in [-0.39, 0.29) is 0 Å². The molecule has 3 aromatic carbocycles. The molecular weight excluding hydrogens is 286 g/mol. The van der Waals surface area contributed by atoms with Gasteiger partial charge in [0.2, 0.25) is 0 Å². The highest BCUT2D eigenvalue weighted by Gasteiger charge is 2.07. The fourth-order valence-corrected chi connectivity index (χ4v) is 4.15. The Morgan fingerprint density at radius 1 is 0.682 bits per heavy atom. The first-order valence-electron chi connectivity index (χ1n) is 7.38. The number of rotatable bonds is 1. The van der Waals surface area contributed by atoms with E-state index >= 15 is 0 Å². The predicted molar refractivity (Wildman–Crippen MR) is 96.6 cm³/mol. The SMILES string of the molecule is c1ccc2sc(-c3ccc4ccc5cccc5c4[nH]3)cc2c1. The van der Waals surface area contributed by atoms with E-state index < -0.39 is 0 Å². The minimum Gasteiger partial charge on any atom is -0.353 e. The molecule has 0 radical (unpaired) electrons. The maximum absolute atomic E-state index is 3.64. The monoisotopic (exact) mass is 299 g/mol. The molecule has 0 saturated carbocycles. The molecule has 2 aromatic heterocycles. The Kier molecular flexibility index (Phi) is 2.43. The minimum atomic E-state index is 1.18. The van der Waals surface area contributed by atoms with Crippen molar-refractivity contribution < 1.29 is 0 Å². The Morgan fingerprint density at radius 3 is 2.45 bits per heavy atom. The van der Waals surface area contributed by atoms with E-state index in [1.807, 2.05) is 11.3 Å². The maximum atomic E-state index is 3.64. The maximum Gasteiger partial charge on any atom is 0.0560 e. The molecule has 5 aromatic rings. The first kappa shape index (κ1) is 12.0. The van der Waals surface area contributed by atoms with Gasteiger partial charge in [0.1, 0.15) is 0 Å². The zero-order valence-corrected chi connectivity index (χ0v) is 12.7. The number of aromatic nitrogens is 1. The third-order valence-electron chi connectivity index (χ3n) is 4.23. The number of nitrogens with one attached hydrogen (secondary N) is 1. The highest BCUT2D eigenvalue weighted by molar-refractivity contribution is 7.22.